The second-order valence-electron chi connectivity index (χ2n) is 5.44. The van der Waals surface area contributed by atoms with Gasteiger partial charge in [0.1, 0.15) is 16.0 Å². The molecule has 2 nitrogen and oxygen atoms in total. The van der Waals surface area contributed by atoms with E-state index in [9.17, 15) is 0 Å². The first kappa shape index (κ1) is 16.3. The van der Waals surface area contributed by atoms with E-state index >= 15 is 0 Å². The Morgan fingerprint density at radius 1 is 1.14 bits per heavy atom. The Bertz CT molecular complexity index is 609. The number of hydrogen-bond acceptors (Lipinski definition) is 3. The molecule has 0 radical (unpaired) electrons. The largest absolute Gasteiger partial charge is 0.226 e. The molecule has 0 fully saturated rings. The predicted molar refractivity (Wildman–Crippen MR) is 90.4 cm³/mol. The summed E-state index contributed by atoms with van der Waals surface area (Å²) >= 11 is 7.88. The second kappa shape index (κ2) is 7.28. The topological polar surface area (TPSA) is 25.8 Å². The van der Waals surface area contributed by atoms with Crippen LogP contribution in [0.5, 0.6) is 0 Å². The molecule has 1 aromatic carbocycles. The van der Waals surface area contributed by atoms with Crippen molar-refractivity contribution >= 4 is 23.4 Å². The lowest BCUT2D eigenvalue weighted by atomic mass is 10.0. The molecular formula is C17H21ClN2S. The molecule has 0 saturated heterocycles. The SMILES string of the molecule is CCCc1nc(Cl)c(C)c(Sc2ccc(C(C)C)cc2)n1. The highest BCUT2D eigenvalue weighted by Crippen LogP contribution is 2.32. The zero-order valence-electron chi connectivity index (χ0n) is 13.0. The fourth-order valence-corrected chi connectivity index (χ4v) is 3.12. The summed E-state index contributed by atoms with van der Waals surface area (Å²) in [5.74, 6) is 1.38. The van der Waals surface area contributed by atoms with Crippen molar-refractivity contribution in [2.24, 2.45) is 0 Å². The standard InChI is InChI=1S/C17H21ClN2S/c1-5-6-15-19-16(18)12(4)17(20-15)21-14-9-7-13(8-10-14)11(2)3/h7-11H,5-6H2,1-4H3. The average Bonchev–Trinajstić information content (AvgIpc) is 2.45. The molecule has 0 aliphatic heterocycles. The van der Waals surface area contributed by atoms with E-state index in [0.717, 1.165) is 29.3 Å². The lowest BCUT2D eigenvalue weighted by molar-refractivity contribution is 0.801. The van der Waals surface area contributed by atoms with Crippen molar-refractivity contribution in [3.05, 3.63) is 46.4 Å². The molecule has 0 unspecified atom stereocenters. The summed E-state index contributed by atoms with van der Waals surface area (Å²) in [6.45, 7) is 8.50. The Morgan fingerprint density at radius 2 is 1.81 bits per heavy atom. The molecule has 0 aliphatic carbocycles. The number of rotatable bonds is 5. The Morgan fingerprint density at radius 3 is 2.38 bits per heavy atom. The van der Waals surface area contributed by atoms with Gasteiger partial charge in [-0.2, -0.15) is 0 Å². The zero-order valence-corrected chi connectivity index (χ0v) is 14.6. The molecule has 1 aromatic heterocycles. The third-order valence-electron chi connectivity index (χ3n) is 3.32. The first-order valence-electron chi connectivity index (χ1n) is 7.32. The molecule has 2 rings (SSSR count). The van der Waals surface area contributed by atoms with E-state index in [2.05, 4.69) is 55.0 Å². The van der Waals surface area contributed by atoms with Gasteiger partial charge in [-0.05, 0) is 37.0 Å². The Balaban J connectivity index is 2.25. The molecule has 21 heavy (non-hydrogen) atoms. The molecule has 112 valence electrons. The molecule has 0 saturated carbocycles. The third kappa shape index (κ3) is 4.21. The van der Waals surface area contributed by atoms with Crippen molar-refractivity contribution in [3.8, 4) is 0 Å². The second-order valence-corrected chi connectivity index (χ2v) is 6.86. The number of nitrogens with zero attached hydrogens (tertiary/aromatic N) is 2. The van der Waals surface area contributed by atoms with E-state index < -0.39 is 0 Å². The molecule has 1 heterocycles. The van der Waals surface area contributed by atoms with Gasteiger partial charge >= 0.3 is 0 Å². The Hall–Kier alpha value is -1.06. The van der Waals surface area contributed by atoms with Gasteiger partial charge in [-0.25, -0.2) is 9.97 Å². The summed E-state index contributed by atoms with van der Waals surface area (Å²) in [7, 11) is 0. The van der Waals surface area contributed by atoms with Crippen LogP contribution in [0.2, 0.25) is 5.15 Å². The molecule has 0 aliphatic rings. The van der Waals surface area contributed by atoms with Gasteiger partial charge in [-0.1, -0.05) is 56.3 Å². The van der Waals surface area contributed by atoms with Crippen LogP contribution in [-0.4, -0.2) is 9.97 Å². The van der Waals surface area contributed by atoms with Crippen molar-refractivity contribution in [1.82, 2.24) is 9.97 Å². The van der Waals surface area contributed by atoms with Crippen LogP contribution in [0.25, 0.3) is 0 Å². The van der Waals surface area contributed by atoms with Crippen LogP contribution in [0, 0.1) is 6.92 Å². The van der Waals surface area contributed by atoms with E-state index in [4.69, 9.17) is 11.6 Å². The van der Waals surface area contributed by atoms with Crippen LogP contribution in [0.15, 0.2) is 34.2 Å². The van der Waals surface area contributed by atoms with Gasteiger partial charge in [0.25, 0.3) is 0 Å². The van der Waals surface area contributed by atoms with Gasteiger partial charge in [-0.15, -0.1) is 0 Å². The highest BCUT2D eigenvalue weighted by molar-refractivity contribution is 7.99. The smallest absolute Gasteiger partial charge is 0.136 e. The minimum Gasteiger partial charge on any atom is -0.226 e. The van der Waals surface area contributed by atoms with Crippen molar-refractivity contribution < 1.29 is 0 Å². The highest BCUT2D eigenvalue weighted by Gasteiger charge is 2.11. The summed E-state index contributed by atoms with van der Waals surface area (Å²) < 4.78 is 0. The summed E-state index contributed by atoms with van der Waals surface area (Å²) in [5, 5.41) is 1.52. The highest BCUT2D eigenvalue weighted by atomic mass is 35.5. The van der Waals surface area contributed by atoms with Crippen LogP contribution < -0.4 is 0 Å². The monoisotopic (exact) mass is 320 g/mol. The van der Waals surface area contributed by atoms with Gasteiger partial charge in [0, 0.05) is 16.9 Å². The minimum atomic E-state index is 0.551. The summed E-state index contributed by atoms with van der Waals surface area (Å²) in [6.07, 6.45) is 1.88. The Kier molecular flexibility index (Phi) is 5.65. The van der Waals surface area contributed by atoms with Crippen LogP contribution in [0.1, 0.15) is 50.1 Å². The van der Waals surface area contributed by atoms with Gasteiger partial charge in [0.2, 0.25) is 0 Å². The van der Waals surface area contributed by atoms with Crippen molar-refractivity contribution in [2.75, 3.05) is 0 Å². The molecule has 0 atom stereocenters. The quantitative estimate of drug-likeness (QED) is 0.664. The van der Waals surface area contributed by atoms with Crippen LogP contribution >= 0.6 is 23.4 Å². The molecule has 2 aromatic rings. The average molecular weight is 321 g/mol. The van der Waals surface area contributed by atoms with E-state index in [-0.39, 0.29) is 0 Å². The summed E-state index contributed by atoms with van der Waals surface area (Å²) in [6, 6.07) is 8.65. The number of halogens is 1. The van der Waals surface area contributed by atoms with E-state index in [1.54, 1.807) is 11.8 Å². The van der Waals surface area contributed by atoms with Crippen molar-refractivity contribution in [2.45, 2.75) is 56.4 Å². The molecular weight excluding hydrogens is 300 g/mol. The van der Waals surface area contributed by atoms with Crippen molar-refractivity contribution in [1.29, 1.82) is 0 Å². The molecule has 4 heteroatoms. The Labute approximate surface area is 136 Å². The van der Waals surface area contributed by atoms with Crippen LogP contribution in [0.3, 0.4) is 0 Å². The lowest BCUT2D eigenvalue weighted by Crippen LogP contribution is -1.99. The number of benzene rings is 1. The van der Waals surface area contributed by atoms with Gasteiger partial charge in [-0.3, -0.25) is 0 Å². The first-order valence-corrected chi connectivity index (χ1v) is 8.51. The normalized spacial score (nSPS) is 11.1. The minimum absolute atomic E-state index is 0.551. The van der Waals surface area contributed by atoms with Crippen molar-refractivity contribution in [3.63, 3.8) is 0 Å². The zero-order chi connectivity index (χ0) is 15.4. The fraction of sp³-hybridized carbons (Fsp3) is 0.412. The third-order valence-corrected chi connectivity index (χ3v) is 4.79. The van der Waals surface area contributed by atoms with Gasteiger partial charge in [0.05, 0.1) is 0 Å². The predicted octanol–water partition coefficient (Wildman–Crippen LogP) is 5.67. The number of aryl methyl sites for hydroxylation is 1. The number of hydrogen-bond donors (Lipinski definition) is 0. The van der Waals surface area contributed by atoms with Crippen LogP contribution in [0.4, 0.5) is 0 Å². The fourth-order valence-electron chi connectivity index (χ4n) is 1.98. The first-order chi connectivity index (χ1) is 10.0. The molecule has 0 spiro atoms. The van der Waals surface area contributed by atoms with E-state index in [1.165, 1.54) is 10.5 Å². The van der Waals surface area contributed by atoms with E-state index in [0.29, 0.717) is 11.1 Å². The molecule has 0 amide bonds. The van der Waals surface area contributed by atoms with Gasteiger partial charge < -0.3 is 0 Å². The lowest BCUT2D eigenvalue weighted by Gasteiger charge is -2.10. The summed E-state index contributed by atoms with van der Waals surface area (Å²) in [5.41, 5.74) is 2.30. The maximum absolute atomic E-state index is 6.22. The molecule has 0 N–H and O–H groups in total. The maximum atomic E-state index is 6.22. The number of aromatic nitrogens is 2. The molecule has 0 bridgehead atoms. The van der Waals surface area contributed by atoms with Gasteiger partial charge in [0.15, 0.2) is 0 Å². The summed E-state index contributed by atoms with van der Waals surface area (Å²) in [4.78, 5) is 10.2. The maximum Gasteiger partial charge on any atom is 0.136 e. The van der Waals surface area contributed by atoms with E-state index in [1.807, 2.05) is 6.92 Å². The van der Waals surface area contributed by atoms with Crippen LogP contribution in [-0.2, 0) is 6.42 Å².